The average Bonchev–Trinajstić information content (AvgIpc) is 3.35. The van der Waals surface area contributed by atoms with Crippen LogP contribution in [0.3, 0.4) is 0 Å². The van der Waals surface area contributed by atoms with Gasteiger partial charge in [0.15, 0.2) is 0 Å². The van der Waals surface area contributed by atoms with Gasteiger partial charge in [-0.05, 0) is 43.5 Å². The summed E-state index contributed by atoms with van der Waals surface area (Å²) in [7, 11) is 0. The molecule has 1 N–H and O–H groups in total. The van der Waals surface area contributed by atoms with Gasteiger partial charge in [-0.3, -0.25) is 9.89 Å². The molecule has 1 saturated heterocycles. The van der Waals surface area contributed by atoms with E-state index in [4.69, 9.17) is 0 Å². The number of hydrogen-bond donors (Lipinski definition) is 1. The van der Waals surface area contributed by atoms with E-state index in [0.29, 0.717) is 5.56 Å². The fourth-order valence-corrected chi connectivity index (χ4v) is 3.10. The molecule has 3 aromatic rings. The van der Waals surface area contributed by atoms with Crippen LogP contribution < -0.4 is 0 Å². The van der Waals surface area contributed by atoms with Crippen molar-refractivity contribution in [2.45, 2.75) is 25.3 Å². The van der Waals surface area contributed by atoms with Crippen molar-refractivity contribution in [2.75, 3.05) is 6.54 Å². The van der Waals surface area contributed by atoms with Crippen molar-refractivity contribution in [1.82, 2.24) is 35.1 Å². The summed E-state index contributed by atoms with van der Waals surface area (Å²) in [6, 6.07) is 7.35. The van der Waals surface area contributed by atoms with Crippen molar-refractivity contribution >= 4 is 5.91 Å². The second kappa shape index (κ2) is 6.23. The van der Waals surface area contributed by atoms with Crippen molar-refractivity contribution in [3.05, 3.63) is 54.4 Å². The highest BCUT2D eigenvalue weighted by molar-refractivity contribution is 5.94. The molecule has 0 saturated carbocycles. The number of aromatic amines is 1. The third-order valence-corrected chi connectivity index (χ3v) is 4.31. The SMILES string of the molecule is O=C(c1ccc(-n2ccnn2)cc1)N1CCCCC1c1ncn[nH]1. The predicted octanol–water partition coefficient (Wildman–Crippen LogP) is 1.75. The first-order valence-corrected chi connectivity index (χ1v) is 7.96. The number of rotatable bonds is 3. The van der Waals surface area contributed by atoms with E-state index in [-0.39, 0.29) is 11.9 Å². The quantitative estimate of drug-likeness (QED) is 0.792. The molecule has 0 radical (unpaired) electrons. The van der Waals surface area contributed by atoms with E-state index < -0.39 is 0 Å². The lowest BCUT2D eigenvalue weighted by atomic mass is 10.00. The molecule has 0 aliphatic carbocycles. The van der Waals surface area contributed by atoms with Gasteiger partial charge in [0.2, 0.25) is 0 Å². The fourth-order valence-electron chi connectivity index (χ4n) is 3.10. The number of benzene rings is 1. The highest BCUT2D eigenvalue weighted by atomic mass is 16.2. The summed E-state index contributed by atoms with van der Waals surface area (Å²) >= 11 is 0. The van der Waals surface area contributed by atoms with E-state index in [0.717, 1.165) is 37.3 Å². The molecule has 1 unspecified atom stereocenters. The Labute approximate surface area is 138 Å². The molecule has 8 nitrogen and oxygen atoms in total. The molecule has 1 aliphatic heterocycles. The molecule has 1 atom stereocenters. The minimum absolute atomic E-state index is 0.0150. The minimum atomic E-state index is -0.0382. The Morgan fingerprint density at radius 1 is 1.21 bits per heavy atom. The largest absolute Gasteiger partial charge is 0.328 e. The summed E-state index contributed by atoms with van der Waals surface area (Å²) in [5.74, 6) is 0.767. The lowest BCUT2D eigenvalue weighted by Crippen LogP contribution is -2.39. The average molecular weight is 323 g/mol. The highest BCUT2D eigenvalue weighted by Gasteiger charge is 2.30. The molecule has 2 aromatic heterocycles. The Kier molecular flexibility index (Phi) is 3.78. The molecule has 1 amide bonds. The number of carbonyl (C=O) groups is 1. The van der Waals surface area contributed by atoms with Gasteiger partial charge >= 0.3 is 0 Å². The van der Waals surface area contributed by atoms with Crippen molar-refractivity contribution in [3.8, 4) is 5.69 Å². The highest BCUT2D eigenvalue weighted by Crippen LogP contribution is 2.30. The lowest BCUT2D eigenvalue weighted by molar-refractivity contribution is 0.0600. The molecule has 1 fully saturated rings. The van der Waals surface area contributed by atoms with Gasteiger partial charge in [-0.25, -0.2) is 9.67 Å². The second-order valence-corrected chi connectivity index (χ2v) is 5.78. The predicted molar refractivity (Wildman–Crippen MR) is 85.4 cm³/mol. The number of likely N-dealkylation sites (tertiary alicyclic amines) is 1. The van der Waals surface area contributed by atoms with Crippen LogP contribution in [0, 0.1) is 0 Å². The Morgan fingerprint density at radius 2 is 2.08 bits per heavy atom. The molecular formula is C16H17N7O. The van der Waals surface area contributed by atoms with Crippen LogP contribution in [0.1, 0.15) is 41.5 Å². The molecule has 122 valence electrons. The Hall–Kier alpha value is -3.03. The van der Waals surface area contributed by atoms with Crippen LogP contribution in [0.25, 0.3) is 5.69 Å². The molecule has 0 spiro atoms. The number of aromatic nitrogens is 6. The smallest absolute Gasteiger partial charge is 0.254 e. The van der Waals surface area contributed by atoms with Crippen LogP contribution >= 0.6 is 0 Å². The van der Waals surface area contributed by atoms with Gasteiger partial charge in [-0.2, -0.15) is 5.10 Å². The number of piperidine rings is 1. The topological polar surface area (TPSA) is 92.6 Å². The molecular weight excluding hydrogens is 306 g/mol. The molecule has 0 bridgehead atoms. The van der Waals surface area contributed by atoms with E-state index in [1.54, 1.807) is 17.1 Å². The number of carbonyl (C=O) groups excluding carboxylic acids is 1. The van der Waals surface area contributed by atoms with Crippen LogP contribution in [0.2, 0.25) is 0 Å². The molecule has 3 heterocycles. The van der Waals surface area contributed by atoms with Crippen LogP contribution in [0.5, 0.6) is 0 Å². The van der Waals surface area contributed by atoms with E-state index in [2.05, 4.69) is 25.5 Å². The van der Waals surface area contributed by atoms with Gasteiger partial charge in [-0.1, -0.05) is 5.21 Å². The number of H-pyrrole nitrogens is 1. The number of amides is 1. The van der Waals surface area contributed by atoms with Crippen LogP contribution in [-0.4, -0.2) is 47.5 Å². The normalized spacial score (nSPS) is 17.8. The summed E-state index contributed by atoms with van der Waals surface area (Å²) < 4.78 is 1.66. The van der Waals surface area contributed by atoms with Gasteiger partial charge in [0, 0.05) is 12.1 Å². The third-order valence-electron chi connectivity index (χ3n) is 4.31. The van der Waals surface area contributed by atoms with E-state index in [1.165, 1.54) is 6.33 Å². The summed E-state index contributed by atoms with van der Waals surface area (Å²) in [5, 5.41) is 14.5. The zero-order valence-electron chi connectivity index (χ0n) is 13.0. The van der Waals surface area contributed by atoms with Crippen LogP contribution in [-0.2, 0) is 0 Å². The zero-order chi connectivity index (χ0) is 16.4. The van der Waals surface area contributed by atoms with Gasteiger partial charge in [0.05, 0.1) is 24.1 Å². The lowest BCUT2D eigenvalue weighted by Gasteiger charge is -2.34. The van der Waals surface area contributed by atoms with Crippen LogP contribution in [0.4, 0.5) is 0 Å². The van der Waals surface area contributed by atoms with Crippen molar-refractivity contribution in [2.24, 2.45) is 0 Å². The fraction of sp³-hybridized carbons (Fsp3) is 0.312. The summed E-state index contributed by atoms with van der Waals surface area (Å²) in [6.07, 6.45) is 7.86. The molecule has 8 heteroatoms. The summed E-state index contributed by atoms with van der Waals surface area (Å²) in [4.78, 5) is 19.1. The van der Waals surface area contributed by atoms with Gasteiger partial charge in [-0.15, -0.1) is 5.10 Å². The van der Waals surface area contributed by atoms with Crippen LogP contribution in [0.15, 0.2) is 43.0 Å². The summed E-state index contributed by atoms with van der Waals surface area (Å²) in [6.45, 7) is 0.731. The van der Waals surface area contributed by atoms with Crippen molar-refractivity contribution in [1.29, 1.82) is 0 Å². The first kappa shape index (κ1) is 14.6. The zero-order valence-corrected chi connectivity index (χ0v) is 13.0. The van der Waals surface area contributed by atoms with Gasteiger partial charge in [0.25, 0.3) is 5.91 Å². The second-order valence-electron chi connectivity index (χ2n) is 5.78. The first-order valence-electron chi connectivity index (χ1n) is 7.96. The molecule has 24 heavy (non-hydrogen) atoms. The molecule has 1 aromatic carbocycles. The Balaban J connectivity index is 1.57. The number of nitrogens with one attached hydrogen (secondary N) is 1. The van der Waals surface area contributed by atoms with Gasteiger partial charge in [0.1, 0.15) is 12.2 Å². The Morgan fingerprint density at radius 3 is 2.79 bits per heavy atom. The number of hydrogen-bond acceptors (Lipinski definition) is 5. The number of nitrogens with zero attached hydrogens (tertiary/aromatic N) is 6. The monoisotopic (exact) mass is 323 g/mol. The first-order chi connectivity index (χ1) is 11.8. The van der Waals surface area contributed by atoms with Gasteiger partial charge < -0.3 is 4.90 Å². The maximum atomic E-state index is 12.9. The maximum absolute atomic E-state index is 12.9. The minimum Gasteiger partial charge on any atom is -0.328 e. The van der Waals surface area contributed by atoms with E-state index >= 15 is 0 Å². The third kappa shape index (κ3) is 2.66. The van der Waals surface area contributed by atoms with E-state index in [9.17, 15) is 4.79 Å². The Bertz CT molecular complexity index is 796. The van der Waals surface area contributed by atoms with E-state index in [1.807, 2.05) is 29.2 Å². The standard InChI is InChI=1S/C16H17N7O/c24-16(12-4-6-13(7-5-12)23-10-8-18-21-23)22-9-2-1-3-14(22)15-17-11-19-20-15/h4-8,10-11,14H,1-3,9H2,(H,17,19,20). The summed E-state index contributed by atoms with van der Waals surface area (Å²) in [5.41, 5.74) is 1.53. The molecule has 4 rings (SSSR count). The van der Waals surface area contributed by atoms with Crippen molar-refractivity contribution < 1.29 is 4.79 Å². The van der Waals surface area contributed by atoms with Crippen molar-refractivity contribution in [3.63, 3.8) is 0 Å². The molecule has 1 aliphatic rings. The maximum Gasteiger partial charge on any atom is 0.254 e.